The number of rotatable bonds is 3. The smallest absolute Gasteiger partial charge is 0.242 e. The van der Waals surface area contributed by atoms with Crippen molar-refractivity contribution in [2.45, 2.75) is 19.9 Å². The van der Waals surface area contributed by atoms with Gasteiger partial charge in [-0.05, 0) is 18.1 Å². The molecule has 0 radical (unpaired) electrons. The number of nitrogens with one attached hydrogen (secondary N) is 1. The number of nitrogens with two attached hydrogens (primary N) is 1. The second kappa shape index (κ2) is 5.04. The van der Waals surface area contributed by atoms with Crippen molar-refractivity contribution in [1.82, 2.24) is 10.2 Å². The van der Waals surface area contributed by atoms with E-state index >= 15 is 0 Å². The molecule has 82 valence electrons. The van der Waals surface area contributed by atoms with Crippen LogP contribution in [0.1, 0.15) is 13.8 Å². The van der Waals surface area contributed by atoms with Gasteiger partial charge in [-0.3, -0.25) is 4.79 Å². The number of aromatic nitrogens is 2. The van der Waals surface area contributed by atoms with Crippen LogP contribution in [0.25, 0.3) is 0 Å². The van der Waals surface area contributed by atoms with Gasteiger partial charge in [-0.15, -0.1) is 10.2 Å². The molecular formula is C9H13ClN4O. The molecule has 0 aliphatic rings. The highest BCUT2D eigenvalue weighted by molar-refractivity contribution is 6.29. The molecule has 15 heavy (non-hydrogen) atoms. The fourth-order valence-corrected chi connectivity index (χ4v) is 0.996. The van der Waals surface area contributed by atoms with Crippen molar-refractivity contribution in [3.05, 3.63) is 17.3 Å². The molecule has 1 heterocycles. The van der Waals surface area contributed by atoms with Crippen LogP contribution in [0.2, 0.25) is 5.15 Å². The number of anilines is 1. The molecule has 1 atom stereocenters. The number of amides is 1. The summed E-state index contributed by atoms with van der Waals surface area (Å²) in [5.74, 6) is 0.146. The Kier molecular flexibility index (Phi) is 3.99. The molecule has 0 bridgehead atoms. The van der Waals surface area contributed by atoms with Crippen LogP contribution in [-0.4, -0.2) is 22.1 Å². The van der Waals surface area contributed by atoms with Crippen LogP contribution < -0.4 is 11.1 Å². The second-order valence-electron chi connectivity index (χ2n) is 3.50. The first kappa shape index (κ1) is 11.9. The lowest BCUT2D eigenvalue weighted by Crippen LogP contribution is -2.39. The first-order chi connectivity index (χ1) is 7.00. The van der Waals surface area contributed by atoms with E-state index in [1.54, 1.807) is 12.1 Å². The molecule has 0 aliphatic heterocycles. The monoisotopic (exact) mass is 228 g/mol. The highest BCUT2D eigenvalue weighted by Crippen LogP contribution is 2.07. The van der Waals surface area contributed by atoms with Gasteiger partial charge in [0, 0.05) is 0 Å². The molecule has 0 saturated carbocycles. The van der Waals surface area contributed by atoms with Crippen molar-refractivity contribution in [2.24, 2.45) is 11.7 Å². The summed E-state index contributed by atoms with van der Waals surface area (Å²) in [6, 6.07) is 2.56. The van der Waals surface area contributed by atoms with E-state index in [1.165, 1.54) is 0 Å². The van der Waals surface area contributed by atoms with Crippen molar-refractivity contribution in [3.63, 3.8) is 0 Å². The van der Waals surface area contributed by atoms with E-state index in [9.17, 15) is 4.79 Å². The average Bonchev–Trinajstić information content (AvgIpc) is 2.20. The Morgan fingerprint density at radius 1 is 1.47 bits per heavy atom. The van der Waals surface area contributed by atoms with Crippen molar-refractivity contribution in [2.75, 3.05) is 5.32 Å². The number of hydrogen-bond acceptors (Lipinski definition) is 4. The summed E-state index contributed by atoms with van der Waals surface area (Å²) in [7, 11) is 0. The zero-order chi connectivity index (χ0) is 11.4. The third-order valence-corrected chi connectivity index (χ3v) is 2.11. The molecule has 1 rings (SSSR count). The molecule has 3 N–H and O–H groups in total. The number of carbonyl (C=O) groups is 1. The van der Waals surface area contributed by atoms with E-state index < -0.39 is 6.04 Å². The predicted molar refractivity (Wildman–Crippen MR) is 58.5 cm³/mol. The van der Waals surface area contributed by atoms with Crippen LogP contribution in [0.5, 0.6) is 0 Å². The van der Waals surface area contributed by atoms with Crippen LogP contribution in [0.4, 0.5) is 5.82 Å². The van der Waals surface area contributed by atoms with Gasteiger partial charge < -0.3 is 11.1 Å². The van der Waals surface area contributed by atoms with Crippen molar-refractivity contribution < 1.29 is 4.79 Å². The Morgan fingerprint density at radius 2 is 2.13 bits per heavy atom. The van der Waals surface area contributed by atoms with E-state index in [0.29, 0.717) is 5.82 Å². The van der Waals surface area contributed by atoms with Crippen LogP contribution in [-0.2, 0) is 4.79 Å². The lowest BCUT2D eigenvalue weighted by atomic mass is 10.1. The minimum absolute atomic E-state index is 0.0743. The Morgan fingerprint density at radius 3 is 2.60 bits per heavy atom. The van der Waals surface area contributed by atoms with E-state index in [-0.39, 0.29) is 17.0 Å². The molecule has 0 aromatic carbocycles. The number of halogens is 1. The van der Waals surface area contributed by atoms with Gasteiger partial charge in [0.15, 0.2) is 11.0 Å². The first-order valence-corrected chi connectivity index (χ1v) is 4.94. The minimum atomic E-state index is -0.553. The Balaban J connectivity index is 2.62. The minimum Gasteiger partial charge on any atom is -0.320 e. The lowest BCUT2D eigenvalue weighted by Gasteiger charge is -2.14. The molecule has 6 heteroatoms. The van der Waals surface area contributed by atoms with Crippen LogP contribution in [0.15, 0.2) is 12.1 Å². The van der Waals surface area contributed by atoms with E-state index in [1.807, 2.05) is 13.8 Å². The third kappa shape index (κ3) is 3.45. The summed E-state index contributed by atoms with van der Waals surface area (Å²) in [5.41, 5.74) is 5.65. The number of carbonyl (C=O) groups excluding carboxylic acids is 1. The molecule has 0 fully saturated rings. The zero-order valence-corrected chi connectivity index (χ0v) is 9.32. The van der Waals surface area contributed by atoms with Gasteiger partial charge in [0.25, 0.3) is 0 Å². The van der Waals surface area contributed by atoms with Crippen LogP contribution >= 0.6 is 11.6 Å². The summed E-state index contributed by atoms with van der Waals surface area (Å²) in [6.07, 6.45) is 0. The topological polar surface area (TPSA) is 80.9 Å². The Labute approximate surface area is 93.0 Å². The fraction of sp³-hybridized carbons (Fsp3) is 0.444. The van der Waals surface area contributed by atoms with Gasteiger partial charge in [-0.2, -0.15) is 0 Å². The standard InChI is InChI=1S/C9H13ClN4O/c1-5(2)8(11)9(15)12-7-4-3-6(10)13-14-7/h3-5,8H,11H2,1-2H3,(H,12,14,15)/t8-/m0/s1. The molecule has 0 spiro atoms. The molecule has 0 saturated heterocycles. The summed E-state index contributed by atoms with van der Waals surface area (Å²) in [4.78, 5) is 11.5. The quantitative estimate of drug-likeness (QED) is 0.811. The lowest BCUT2D eigenvalue weighted by molar-refractivity contribution is -0.118. The van der Waals surface area contributed by atoms with Gasteiger partial charge in [0.1, 0.15) is 0 Å². The normalized spacial score (nSPS) is 12.6. The van der Waals surface area contributed by atoms with Crippen LogP contribution in [0, 0.1) is 5.92 Å². The maximum absolute atomic E-state index is 11.5. The van der Waals surface area contributed by atoms with Crippen LogP contribution in [0.3, 0.4) is 0 Å². The second-order valence-corrected chi connectivity index (χ2v) is 3.89. The van der Waals surface area contributed by atoms with E-state index in [4.69, 9.17) is 17.3 Å². The highest BCUT2D eigenvalue weighted by Gasteiger charge is 2.17. The third-order valence-electron chi connectivity index (χ3n) is 1.90. The molecule has 0 unspecified atom stereocenters. The maximum atomic E-state index is 11.5. The molecule has 1 aromatic rings. The maximum Gasteiger partial charge on any atom is 0.242 e. The van der Waals surface area contributed by atoms with Gasteiger partial charge in [0.05, 0.1) is 6.04 Å². The highest BCUT2D eigenvalue weighted by atomic mass is 35.5. The summed E-state index contributed by atoms with van der Waals surface area (Å²) < 4.78 is 0. The Bertz CT molecular complexity index is 338. The molecule has 5 nitrogen and oxygen atoms in total. The van der Waals surface area contributed by atoms with E-state index in [2.05, 4.69) is 15.5 Å². The van der Waals surface area contributed by atoms with Gasteiger partial charge in [-0.25, -0.2) is 0 Å². The van der Waals surface area contributed by atoms with Gasteiger partial charge in [-0.1, -0.05) is 25.4 Å². The Hall–Kier alpha value is -1.20. The van der Waals surface area contributed by atoms with Crippen molar-refractivity contribution >= 4 is 23.3 Å². The predicted octanol–water partition coefficient (Wildman–Crippen LogP) is 1.05. The molecular weight excluding hydrogens is 216 g/mol. The van der Waals surface area contributed by atoms with Crippen molar-refractivity contribution in [1.29, 1.82) is 0 Å². The van der Waals surface area contributed by atoms with Gasteiger partial charge in [0.2, 0.25) is 5.91 Å². The molecule has 1 aromatic heterocycles. The molecule has 0 aliphatic carbocycles. The van der Waals surface area contributed by atoms with Crippen molar-refractivity contribution in [3.8, 4) is 0 Å². The largest absolute Gasteiger partial charge is 0.320 e. The van der Waals surface area contributed by atoms with E-state index in [0.717, 1.165) is 0 Å². The fourth-order valence-electron chi connectivity index (χ4n) is 0.895. The average molecular weight is 229 g/mol. The SMILES string of the molecule is CC(C)[C@H](N)C(=O)Nc1ccc(Cl)nn1. The number of nitrogens with zero attached hydrogens (tertiary/aromatic N) is 2. The zero-order valence-electron chi connectivity index (χ0n) is 8.57. The van der Waals surface area contributed by atoms with Gasteiger partial charge >= 0.3 is 0 Å². The summed E-state index contributed by atoms with van der Waals surface area (Å²) in [5, 5.41) is 10.1. The summed E-state index contributed by atoms with van der Waals surface area (Å²) >= 11 is 5.55. The first-order valence-electron chi connectivity index (χ1n) is 4.56. The summed E-state index contributed by atoms with van der Waals surface area (Å²) in [6.45, 7) is 3.75. The molecule has 1 amide bonds. The number of hydrogen-bond donors (Lipinski definition) is 2.